The van der Waals surface area contributed by atoms with Crippen molar-refractivity contribution in [2.24, 2.45) is 0 Å². The van der Waals surface area contributed by atoms with Gasteiger partial charge in [-0.05, 0) is 0 Å². The summed E-state index contributed by atoms with van der Waals surface area (Å²) >= 11 is 0. The zero-order chi connectivity index (χ0) is 3.54. The summed E-state index contributed by atoms with van der Waals surface area (Å²) in [7, 11) is 0. The van der Waals surface area contributed by atoms with Crippen LogP contribution in [-0.2, 0) is 0 Å². The van der Waals surface area contributed by atoms with E-state index in [1.807, 2.05) is 0 Å². The van der Waals surface area contributed by atoms with Crippen molar-refractivity contribution in [3.05, 3.63) is 0 Å². The molecule has 0 fully saturated rings. The van der Waals surface area contributed by atoms with Gasteiger partial charge in [-0.2, -0.15) is 0 Å². The van der Waals surface area contributed by atoms with Gasteiger partial charge in [0.15, 0.2) is 0 Å². The second-order valence-electron chi connectivity index (χ2n) is 0.340. The topological polar surface area (TPSA) is 65.7 Å². The van der Waals surface area contributed by atoms with Gasteiger partial charge in [-0.1, -0.05) is 0 Å². The van der Waals surface area contributed by atoms with E-state index in [-0.39, 0.29) is 0 Å². The molecule has 0 unspecified atom stereocenters. The molecule has 0 N–H and O–H groups in total. The summed E-state index contributed by atoms with van der Waals surface area (Å²) < 4.78 is 17.5. The molecule has 30 valence electrons. The lowest BCUT2D eigenvalue weighted by molar-refractivity contribution is -0.241. The minimum atomic E-state index is 3.50. The van der Waals surface area contributed by atoms with Gasteiger partial charge < -0.3 is 0 Å². The maximum atomic E-state index is 3.50. The Kier molecular flexibility index (Phi) is 0.338. The van der Waals surface area contributed by atoms with Gasteiger partial charge >= 0.3 is 0 Å². The average molecular weight is 80.0 g/mol. The Morgan fingerprint density at radius 3 is 0.800 bits per heavy atom. The molecule has 0 aliphatic rings. The fourth-order valence-corrected chi connectivity index (χ4v) is 0.0567. The highest BCUT2D eigenvalue weighted by Gasteiger charge is 1.63. The van der Waals surface area contributed by atoms with Gasteiger partial charge in [-0.3, -0.25) is 0 Å². The van der Waals surface area contributed by atoms with E-state index in [2.05, 4.69) is 23.7 Å². The van der Waals surface area contributed by atoms with Crippen LogP contribution in [0.3, 0.4) is 0 Å². The van der Waals surface area contributed by atoms with Crippen LogP contribution < -0.4 is 0 Å². The van der Waals surface area contributed by atoms with Crippen LogP contribution >= 0.6 is 0 Å². The van der Waals surface area contributed by atoms with Gasteiger partial charge in [0.05, 0.1) is 0 Å². The third-order valence-electron chi connectivity index (χ3n) is 0.139. The summed E-state index contributed by atoms with van der Waals surface area (Å²) in [6.07, 6.45) is 0. The van der Waals surface area contributed by atoms with Crippen LogP contribution in [0.4, 0.5) is 0 Å². The van der Waals surface area contributed by atoms with Crippen LogP contribution in [-0.4, -0.2) is 0 Å². The van der Waals surface area contributed by atoms with Crippen LogP contribution in [0.25, 0.3) is 0 Å². The van der Waals surface area contributed by atoms with Crippen LogP contribution in [0.5, 0.6) is 0 Å². The second-order valence-corrected chi connectivity index (χ2v) is 0.340. The molecule has 1 rings (SSSR count). The van der Waals surface area contributed by atoms with E-state index in [9.17, 15) is 0 Å². The molecule has 0 atom stereocenters. The lowest BCUT2D eigenvalue weighted by Crippen LogP contribution is -1.17. The van der Waals surface area contributed by atoms with E-state index in [4.69, 9.17) is 0 Å². The van der Waals surface area contributed by atoms with Crippen molar-refractivity contribution >= 4 is 0 Å². The normalized spacial score (nSPS) is 8.00. The van der Waals surface area contributed by atoms with Crippen molar-refractivity contribution in [2.45, 2.75) is 0 Å². The SMILES string of the molecule is o1oooo1. The molecule has 1 aromatic heterocycles. The van der Waals surface area contributed by atoms with Gasteiger partial charge in [0.25, 0.3) is 0 Å². The number of rotatable bonds is 0. The Morgan fingerprint density at radius 2 is 0.600 bits per heavy atom. The summed E-state index contributed by atoms with van der Waals surface area (Å²) in [4.78, 5) is 0. The zero-order valence-corrected chi connectivity index (χ0v) is 2.04. The molecule has 0 aliphatic heterocycles. The minimum Gasteiger partial charge on any atom is 0 e. The Hall–Kier alpha value is -1.00. The fraction of sp³-hybridized carbons (Fsp3) is 0. The van der Waals surface area contributed by atoms with Crippen molar-refractivity contribution < 1.29 is 23.7 Å². The van der Waals surface area contributed by atoms with Crippen LogP contribution in [0.15, 0.2) is 23.7 Å². The Morgan fingerprint density at radius 1 is 0.400 bits per heavy atom. The molecule has 0 aliphatic carbocycles. The van der Waals surface area contributed by atoms with E-state index in [0.29, 0.717) is 0 Å². The third-order valence-corrected chi connectivity index (χ3v) is 0.139. The molecule has 0 aromatic carbocycles. The lowest BCUT2D eigenvalue weighted by atomic mass is 14.7. The van der Waals surface area contributed by atoms with Crippen molar-refractivity contribution in [2.75, 3.05) is 0 Å². The molecule has 0 saturated heterocycles. The van der Waals surface area contributed by atoms with E-state index in [0.717, 1.165) is 0 Å². The molecule has 5 heavy (non-hydrogen) atoms. The molecular formula is O5. The second kappa shape index (κ2) is 0.750. The molecule has 5 nitrogen and oxygen atoms in total. The maximum absolute atomic E-state index is 3.50. The Labute approximate surface area is 25.1 Å². The molecule has 1 aromatic rings. The van der Waals surface area contributed by atoms with Gasteiger partial charge in [0.2, 0.25) is 0 Å². The first-order valence-electron chi connectivity index (χ1n) is 0.833. The Balaban J connectivity index is 3.13. The van der Waals surface area contributed by atoms with Crippen molar-refractivity contribution in [3.63, 3.8) is 0 Å². The highest BCUT2D eigenvalue weighted by Crippen LogP contribution is 1.79. The molecule has 1 heterocycles. The fourth-order valence-electron chi connectivity index (χ4n) is 0.0567. The number of hydrogen-bond donors (Lipinski definition) is 0. The van der Waals surface area contributed by atoms with Crippen LogP contribution in [0.1, 0.15) is 0 Å². The smallest absolute Gasteiger partial charge is 0 e. The summed E-state index contributed by atoms with van der Waals surface area (Å²) in [5, 5.41) is 0. The Bertz CT molecular complexity index is 56.5. The highest BCUT2D eigenvalue weighted by molar-refractivity contribution is 2.71. The number of hydrogen-bond acceptors (Lipinski definition) is 5. The standard InChI is InChI=1S/O5/c1-2-4-5-3-1. The predicted octanol–water partition coefficient (Wildman–Crippen LogP) is 0.776. The van der Waals surface area contributed by atoms with Crippen molar-refractivity contribution in [1.29, 1.82) is 0 Å². The monoisotopic (exact) mass is 80.0 g/mol. The highest BCUT2D eigenvalue weighted by atomic mass is 17.6. The lowest BCUT2D eigenvalue weighted by Gasteiger charge is -1.32. The first-order valence-corrected chi connectivity index (χ1v) is 0.833. The molecule has 0 radical (unpaired) electrons. The summed E-state index contributed by atoms with van der Waals surface area (Å²) in [5.74, 6) is 0. The first-order chi connectivity index (χ1) is 2.50. The van der Waals surface area contributed by atoms with Crippen LogP contribution in [0, 0.1) is 0 Å². The molecule has 0 bridgehead atoms. The van der Waals surface area contributed by atoms with Gasteiger partial charge in [0, 0.05) is 23.7 Å². The van der Waals surface area contributed by atoms with Crippen molar-refractivity contribution in [3.8, 4) is 0 Å². The minimum absolute atomic E-state index is 3.50. The van der Waals surface area contributed by atoms with E-state index >= 15 is 0 Å². The summed E-state index contributed by atoms with van der Waals surface area (Å²) in [6, 6.07) is 0. The molecule has 0 saturated carbocycles. The third kappa shape index (κ3) is 0.188. The zero-order valence-electron chi connectivity index (χ0n) is 2.04. The molecular weight excluding hydrogens is 80.0 g/mol. The molecule has 0 spiro atoms. The summed E-state index contributed by atoms with van der Waals surface area (Å²) in [5.41, 5.74) is 0. The van der Waals surface area contributed by atoms with E-state index < -0.39 is 0 Å². The predicted molar refractivity (Wildman–Crippen MR) is 5.40 cm³/mol. The van der Waals surface area contributed by atoms with Gasteiger partial charge in [-0.15, -0.1) is 0 Å². The largest absolute Gasteiger partial charge is 0 e. The maximum Gasteiger partial charge on any atom is 0 e. The van der Waals surface area contributed by atoms with Crippen molar-refractivity contribution in [1.82, 2.24) is 0 Å². The van der Waals surface area contributed by atoms with Crippen LogP contribution in [0.2, 0.25) is 0 Å². The quantitative estimate of drug-likeness (QED) is 0.430. The molecule has 0 amide bonds. The van der Waals surface area contributed by atoms with E-state index in [1.165, 1.54) is 0 Å². The summed E-state index contributed by atoms with van der Waals surface area (Å²) in [6.45, 7) is 0. The van der Waals surface area contributed by atoms with Gasteiger partial charge in [-0.25, -0.2) is 0 Å². The van der Waals surface area contributed by atoms with Gasteiger partial charge in [0.1, 0.15) is 0 Å². The average Bonchev–Trinajstić information content (AvgIpc) is 1.76. The first kappa shape index (κ1) is 2.25. The molecule has 5 heteroatoms. The van der Waals surface area contributed by atoms with E-state index in [1.54, 1.807) is 0 Å².